The average molecular weight is 383 g/mol. The Hall–Kier alpha value is -2.60. The highest BCUT2D eigenvalue weighted by atomic mass is 16.5. The number of ether oxygens (including phenoxy) is 2. The van der Waals surface area contributed by atoms with E-state index in [9.17, 15) is 4.79 Å². The molecule has 28 heavy (non-hydrogen) atoms. The van der Waals surface area contributed by atoms with E-state index in [1.54, 1.807) is 27.3 Å². The second-order valence-corrected chi connectivity index (χ2v) is 7.22. The molecular weight excluding hydrogens is 354 g/mol. The molecule has 6 nitrogen and oxygen atoms in total. The Morgan fingerprint density at radius 3 is 2.61 bits per heavy atom. The maximum absolute atomic E-state index is 11.7. The highest BCUT2D eigenvalue weighted by Gasteiger charge is 2.29. The van der Waals surface area contributed by atoms with Crippen molar-refractivity contribution in [1.29, 1.82) is 0 Å². The third kappa shape index (κ3) is 5.01. The number of carbonyl (C=O) groups excluding carboxylic acids is 1. The number of amides is 1. The van der Waals surface area contributed by atoms with Crippen LogP contribution in [0, 0.1) is 5.92 Å². The van der Waals surface area contributed by atoms with Crippen molar-refractivity contribution in [3.8, 4) is 11.5 Å². The number of nitrogens with zero attached hydrogens (tertiary/aromatic N) is 2. The van der Waals surface area contributed by atoms with Gasteiger partial charge in [-0.05, 0) is 62.2 Å². The monoisotopic (exact) mass is 383 g/mol. The summed E-state index contributed by atoms with van der Waals surface area (Å²) >= 11 is 0. The maximum atomic E-state index is 11.7. The van der Waals surface area contributed by atoms with Crippen LogP contribution in [0.1, 0.15) is 37.1 Å². The number of hydrogen-bond donors (Lipinski definition) is 1. The van der Waals surface area contributed by atoms with Gasteiger partial charge in [0.05, 0.1) is 26.0 Å². The molecule has 1 aliphatic heterocycles. The Morgan fingerprint density at radius 2 is 2.00 bits per heavy atom. The zero-order valence-corrected chi connectivity index (χ0v) is 16.9. The Kier molecular flexibility index (Phi) is 6.87. The first kappa shape index (κ1) is 20.1. The highest BCUT2D eigenvalue weighted by molar-refractivity contribution is 5.73. The molecule has 0 bridgehead atoms. The van der Waals surface area contributed by atoms with Crippen LogP contribution >= 0.6 is 0 Å². The van der Waals surface area contributed by atoms with Gasteiger partial charge in [0, 0.05) is 25.2 Å². The Morgan fingerprint density at radius 1 is 1.21 bits per heavy atom. The topological polar surface area (TPSA) is 63.7 Å². The van der Waals surface area contributed by atoms with Gasteiger partial charge in [-0.2, -0.15) is 0 Å². The van der Waals surface area contributed by atoms with Crippen molar-refractivity contribution in [1.82, 2.24) is 15.2 Å². The molecule has 1 aromatic carbocycles. The molecule has 1 aromatic heterocycles. The number of methoxy groups -OCH3 is 2. The summed E-state index contributed by atoms with van der Waals surface area (Å²) in [4.78, 5) is 18.6. The van der Waals surface area contributed by atoms with Crippen LogP contribution in [0.4, 0.5) is 0 Å². The van der Waals surface area contributed by atoms with Crippen LogP contribution in [0.3, 0.4) is 0 Å². The molecule has 1 aliphatic rings. The zero-order chi connectivity index (χ0) is 19.9. The van der Waals surface area contributed by atoms with Crippen LogP contribution in [0.25, 0.3) is 0 Å². The Bertz CT molecular complexity index is 774. The third-order valence-corrected chi connectivity index (χ3v) is 5.35. The van der Waals surface area contributed by atoms with Crippen molar-refractivity contribution >= 4 is 5.91 Å². The summed E-state index contributed by atoms with van der Waals surface area (Å²) < 4.78 is 10.9. The van der Waals surface area contributed by atoms with E-state index in [-0.39, 0.29) is 11.9 Å². The second kappa shape index (κ2) is 9.55. The second-order valence-electron chi connectivity index (χ2n) is 7.22. The molecule has 0 spiro atoms. The molecule has 1 saturated heterocycles. The quantitative estimate of drug-likeness (QED) is 0.796. The fourth-order valence-electron chi connectivity index (χ4n) is 3.90. The van der Waals surface area contributed by atoms with Gasteiger partial charge in [-0.15, -0.1) is 0 Å². The number of benzene rings is 1. The van der Waals surface area contributed by atoms with Crippen LogP contribution in [0.2, 0.25) is 0 Å². The van der Waals surface area contributed by atoms with Gasteiger partial charge in [-0.3, -0.25) is 14.7 Å². The molecule has 0 saturated carbocycles. The SMILES string of the molecule is COc1ccc(OC)c(CN2CCC(C(NC(C)=O)c3ccccn3)CC2)c1. The van der Waals surface area contributed by atoms with E-state index in [0.29, 0.717) is 5.92 Å². The van der Waals surface area contributed by atoms with Gasteiger partial charge < -0.3 is 14.8 Å². The smallest absolute Gasteiger partial charge is 0.217 e. The van der Waals surface area contributed by atoms with Gasteiger partial charge in [0.2, 0.25) is 5.91 Å². The minimum Gasteiger partial charge on any atom is -0.497 e. The largest absolute Gasteiger partial charge is 0.497 e. The first-order valence-corrected chi connectivity index (χ1v) is 9.72. The van der Waals surface area contributed by atoms with Crippen molar-refractivity contribution in [2.45, 2.75) is 32.4 Å². The summed E-state index contributed by atoms with van der Waals surface area (Å²) in [6.45, 7) is 4.32. The summed E-state index contributed by atoms with van der Waals surface area (Å²) in [5.41, 5.74) is 2.06. The lowest BCUT2D eigenvalue weighted by molar-refractivity contribution is -0.120. The van der Waals surface area contributed by atoms with Crippen molar-refractivity contribution < 1.29 is 14.3 Å². The Labute approximate surface area is 166 Å². The van der Waals surface area contributed by atoms with E-state index < -0.39 is 0 Å². The summed E-state index contributed by atoms with van der Waals surface area (Å²) in [5, 5.41) is 3.11. The number of nitrogens with one attached hydrogen (secondary N) is 1. The van der Waals surface area contributed by atoms with E-state index >= 15 is 0 Å². The number of aromatic nitrogens is 1. The van der Waals surface area contributed by atoms with Gasteiger partial charge in [-0.1, -0.05) is 6.07 Å². The molecule has 1 fully saturated rings. The molecule has 2 heterocycles. The number of rotatable bonds is 7. The molecule has 0 aliphatic carbocycles. The molecule has 1 atom stereocenters. The molecule has 3 rings (SSSR count). The summed E-state index contributed by atoms with van der Waals surface area (Å²) in [6, 6.07) is 11.7. The number of likely N-dealkylation sites (tertiary alicyclic amines) is 1. The van der Waals surface area contributed by atoms with Crippen LogP contribution in [-0.4, -0.2) is 43.1 Å². The summed E-state index contributed by atoms with van der Waals surface area (Å²) in [6.07, 6.45) is 3.80. The van der Waals surface area contributed by atoms with Gasteiger partial charge in [0.25, 0.3) is 0 Å². The molecule has 150 valence electrons. The minimum absolute atomic E-state index is 0.0146. The van der Waals surface area contributed by atoms with Crippen molar-refractivity contribution in [2.75, 3.05) is 27.3 Å². The van der Waals surface area contributed by atoms with Crippen LogP contribution in [0.5, 0.6) is 11.5 Å². The van der Waals surface area contributed by atoms with Crippen LogP contribution in [0.15, 0.2) is 42.6 Å². The normalized spacial score (nSPS) is 16.4. The standard InChI is InChI=1S/C22H29N3O3/c1-16(26)24-22(20-6-4-5-11-23-20)17-9-12-25(13-10-17)15-18-14-19(27-2)7-8-21(18)28-3/h4-8,11,14,17,22H,9-10,12-13,15H2,1-3H3,(H,24,26). The minimum atomic E-state index is -0.0350. The number of pyridine rings is 1. The molecule has 0 radical (unpaired) electrons. The lowest BCUT2D eigenvalue weighted by Crippen LogP contribution is -2.40. The van der Waals surface area contributed by atoms with E-state index in [1.165, 1.54) is 0 Å². The predicted molar refractivity (Wildman–Crippen MR) is 108 cm³/mol. The molecule has 1 N–H and O–H groups in total. The van der Waals surface area contributed by atoms with E-state index in [4.69, 9.17) is 9.47 Å². The number of carbonyl (C=O) groups is 1. The first-order chi connectivity index (χ1) is 13.6. The average Bonchev–Trinajstić information content (AvgIpc) is 2.73. The van der Waals surface area contributed by atoms with Crippen LogP contribution in [-0.2, 0) is 11.3 Å². The van der Waals surface area contributed by atoms with Gasteiger partial charge in [0.15, 0.2) is 0 Å². The van der Waals surface area contributed by atoms with Crippen molar-refractivity contribution in [2.24, 2.45) is 5.92 Å². The lowest BCUT2D eigenvalue weighted by Gasteiger charge is -2.36. The van der Waals surface area contributed by atoms with E-state index in [0.717, 1.165) is 55.2 Å². The summed E-state index contributed by atoms with van der Waals surface area (Å²) in [5.74, 6) is 2.08. The third-order valence-electron chi connectivity index (χ3n) is 5.35. The number of piperidine rings is 1. The van der Waals surface area contributed by atoms with E-state index in [2.05, 4.69) is 15.2 Å². The molecule has 2 aromatic rings. The van der Waals surface area contributed by atoms with Gasteiger partial charge in [-0.25, -0.2) is 0 Å². The fourth-order valence-corrected chi connectivity index (χ4v) is 3.90. The zero-order valence-electron chi connectivity index (χ0n) is 16.9. The summed E-state index contributed by atoms with van der Waals surface area (Å²) in [7, 11) is 3.37. The maximum Gasteiger partial charge on any atom is 0.217 e. The highest BCUT2D eigenvalue weighted by Crippen LogP contribution is 2.32. The van der Waals surface area contributed by atoms with Crippen LogP contribution < -0.4 is 14.8 Å². The first-order valence-electron chi connectivity index (χ1n) is 9.72. The van der Waals surface area contributed by atoms with Gasteiger partial charge >= 0.3 is 0 Å². The van der Waals surface area contributed by atoms with Gasteiger partial charge in [0.1, 0.15) is 11.5 Å². The molecule has 6 heteroatoms. The van der Waals surface area contributed by atoms with Crippen molar-refractivity contribution in [3.63, 3.8) is 0 Å². The predicted octanol–water partition coefficient (Wildman–Crippen LogP) is 3.19. The lowest BCUT2D eigenvalue weighted by atomic mass is 9.87. The molecular formula is C22H29N3O3. The number of hydrogen-bond acceptors (Lipinski definition) is 5. The molecule has 1 amide bonds. The fraction of sp³-hybridized carbons (Fsp3) is 0.455. The molecule has 1 unspecified atom stereocenters. The van der Waals surface area contributed by atoms with Crippen molar-refractivity contribution in [3.05, 3.63) is 53.9 Å². The Balaban J connectivity index is 1.65. The van der Waals surface area contributed by atoms with E-state index in [1.807, 2.05) is 36.4 Å².